The van der Waals surface area contributed by atoms with Crippen molar-refractivity contribution in [3.63, 3.8) is 0 Å². The number of rotatable bonds is 5. The summed E-state index contributed by atoms with van der Waals surface area (Å²) in [6.07, 6.45) is 1.85. The van der Waals surface area contributed by atoms with Crippen molar-refractivity contribution in [1.82, 2.24) is 14.7 Å². The van der Waals surface area contributed by atoms with Crippen LogP contribution in [0.5, 0.6) is 5.75 Å². The highest BCUT2D eigenvalue weighted by molar-refractivity contribution is 6.30. The van der Waals surface area contributed by atoms with Gasteiger partial charge in [0.15, 0.2) is 11.4 Å². The number of carbonyl (C=O) groups excluding carboxylic acids is 2. The van der Waals surface area contributed by atoms with E-state index in [4.69, 9.17) is 21.1 Å². The van der Waals surface area contributed by atoms with E-state index in [9.17, 15) is 18.4 Å². The Kier molecular flexibility index (Phi) is 5.29. The van der Waals surface area contributed by atoms with Gasteiger partial charge in [-0.05, 0) is 19.1 Å². The van der Waals surface area contributed by atoms with Gasteiger partial charge in [-0.2, -0.15) is 0 Å². The molecule has 0 spiro atoms. The van der Waals surface area contributed by atoms with E-state index in [0.29, 0.717) is 12.1 Å². The van der Waals surface area contributed by atoms with E-state index in [1.165, 1.54) is 22.7 Å². The van der Waals surface area contributed by atoms with Crippen LogP contribution in [0.15, 0.2) is 30.5 Å². The number of nitrogens with zero attached hydrogens (tertiary/aromatic N) is 2. The smallest absolute Gasteiger partial charge is 0.328 e. The lowest BCUT2D eigenvalue weighted by Crippen LogP contribution is -2.38. The van der Waals surface area contributed by atoms with Crippen LogP contribution in [0.1, 0.15) is 28.2 Å². The number of aromatic nitrogens is 2. The number of imidazole rings is 1. The minimum atomic E-state index is -0.740. The summed E-state index contributed by atoms with van der Waals surface area (Å²) in [7, 11) is 0. The molecule has 3 heterocycles. The highest BCUT2D eigenvalue weighted by atomic mass is 35.5. The molecule has 3 aromatic rings. The van der Waals surface area contributed by atoms with Gasteiger partial charge in [-0.15, -0.1) is 0 Å². The van der Waals surface area contributed by atoms with Gasteiger partial charge < -0.3 is 14.8 Å². The van der Waals surface area contributed by atoms with Crippen LogP contribution in [-0.2, 0) is 16.1 Å². The lowest BCUT2D eigenvalue weighted by molar-refractivity contribution is -0.139. The maximum Gasteiger partial charge on any atom is 0.328 e. The fourth-order valence-corrected chi connectivity index (χ4v) is 3.45. The molecule has 0 unspecified atom stereocenters. The molecule has 1 aromatic carbocycles. The molecule has 1 aliphatic heterocycles. The van der Waals surface area contributed by atoms with Crippen LogP contribution >= 0.6 is 11.6 Å². The predicted molar refractivity (Wildman–Crippen MR) is 102 cm³/mol. The summed E-state index contributed by atoms with van der Waals surface area (Å²) < 4.78 is 39.6. The fraction of sp³-hybridized carbons (Fsp3) is 0.250. The molecule has 30 heavy (non-hydrogen) atoms. The lowest BCUT2D eigenvalue weighted by atomic mass is 10.2. The average molecular weight is 436 g/mol. The third-order valence-electron chi connectivity index (χ3n) is 4.72. The van der Waals surface area contributed by atoms with E-state index < -0.39 is 36.2 Å². The van der Waals surface area contributed by atoms with Crippen LogP contribution in [0.3, 0.4) is 0 Å². The zero-order chi connectivity index (χ0) is 21.4. The largest absolute Gasteiger partial charge is 0.485 e. The first-order chi connectivity index (χ1) is 14.3. The molecule has 0 bridgehead atoms. The van der Waals surface area contributed by atoms with Crippen molar-refractivity contribution in [2.45, 2.75) is 26.0 Å². The minimum absolute atomic E-state index is 0.146. The van der Waals surface area contributed by atoms with Gasteiger partial charge >= 0.3 is 5.97 Å². The molecular weight excluding hydrogens is 420 g/mol. The second-order valence-electron chi connectivity index (χ2n) is 6.73. The van der Waals surface area contributed by atoms with Crippen molar-refractivity contribution >= 4 is 29.1 Å². The number of aryl methyl sites for hydroxylation is 1. The van der Waals surface area contributed by atoms with E-state index in [0.717, 1.165) is 12.1 Å². The molecular formula is C20H16ClF2N3O4. The Morgan fingerprint density at radius 3 is 2.80 bits per heavy atom. The summed E-state index contributed by atoms with van der Waals surface area (Å²) in [5, 5.41) is 2.84. The minimum Gasteiger partial charge on any atom is -0.485 e. The first-order valence-electron chi connectivity index (χ1n) is 9.06. The van der Waals surface area contributed by atoms with Crippen LogP contribution in [0.2, 0.25) is 5.02 Å². The molecule has 4 rings (SSSR count). The number of pyridine rings is 1. The molecule has 156 valence electrons. The second-order valence-corrected chi connectivity index (χ2v) is 7.17. The Morgan fingerprint density at radius 2 is 2.13 bits per heavy atom. The van der Waals surface area contributed by atoms with Gasteiger partial charge in [0, 0.05) is 18.7 Å². The highest BCUT2D eigenvalue weighted by Gasteiger charge is 2.30. The molecule has 0 aliphatic carbocycles. The summed E-state index contributed by atoms with van der Waals surface area (Å²) in [5.41, 5.74) is 0.529. The topological polar surface area (TPSA) is 81.9 Å². The SMILES string of the molecule is Cc1nc2c(OCc3c(F)cccc3F)cc(Cl)cn2c1C(=O)N[C@H]1CCOC1=O. The zero-order valence-corrected chi connectivity index (χ0v) is 16.5. The van der Waals surface area contributed by atoms with Gasteiger partial charge in [0.25, 0.3) is 5.91 Å². The van der Waals surface area contributed by atoms with Gasteiger partial charge in [0.05, 0.1) is 22.9 Å². The van der Waals surface area contributed by atoms with Crippen LogP contribution in [0, 0.1) is 18.6 Å². The van der Waals surface area contributed by atoms with Crippen LogP contribution in [-0.4, -0.2) is 33.9 Å². The number of cyclic esters (lactones) is 1. The lowest BCUT2D eigenvalue weighted by Gasteiger charge is -2.11. The Bertz CT molecular complexity index is 1140. The van der Waals surface area contributed by atoms with Crippen molar-refractivity contribution in [2.75, 3.05) is 6.61 Å². The van der Waals surface area contributed by atoms with Crippen LogP contribution in [0.4, 0.5) is 8.78 Å². The number of ether oxygens (including phenoxy) is 2. The van der Waals surface area contributed by atoms with Gasteiger partial charge in [0.2, 0.25) is 0 Å². The third kappa shape index (κ3) is 3.68. The van der Waals surface area contributed by atoms with E-state index >= 15 is 0 Å². The Morgan fingerprint density at radius 1 is 1.40 bits per heavy atom. The number of esters is 1. The Labute approximate surface area is 174 Å². The number of nitrogens with one attached hydrogen (secondary N) is 1. The van der Waals surface area contributed by atoms with E-state index in [-0.39, 0.29) is 34.3 Å². The summed E-state index contributed by atoms with van der Waals surface area (Å²) in [6, 6.07) is 4.23. The summed E-state index contributed by atoms with van der Waals surface area (Å²) in [4.78, 5) is 28.8. The van der Waals surface area contributed by atoms with Gasteiger partial charge in [-0.1, -0.05) is 17.7 Å². The third-order valence-corrected chi connectivity index (χ3v) is 4.92. The molecule has 0 saturated carbocycles. The van der Waals surface area contributed by atoms with Gasteiger partial charge in [0.1, 0.15) is 30.0 Å². The molecule has 1 atom stereocenters. The van der Waals surface area contributed by atoms with E-state index in [1.807, 2.05) is 0 Å². The Balaban J connectivity index is 1.66. The highest BCUT2D eigenvalue weighted by Crippen LogP contribution is 2.28. The first kappa shape index (κ1) is 20.1. The molecule has 1 saturated heterocycles. The summed E-state index contributed by atoms with van der Waals surface area (Å²) in [5.74, 6) is -2.36. The number of amides is 1. The van der Waals surface area contributed by atoms with Crippen molar-refractivity contribution in [2.24, 2.45) is 0 Å². The molecule has 10 heteroatoms. The monoisotopic (exact) mass is 435 g/mol. The number of benzene rings is 1. The molecule has 1 aliphatic rings. The van der Waals surface area contributed by atoms with Crippen LogP contribution < -0.4 is 10.1 Å². The molecule has 1 fully saturated rings. The van der Waals surface area contributed by atoms with Crippen LogP contribution in [0.25, 0.3) is 5.65 Å². The maximum absolute atomic E-state index is 13.9. The standard InChI is InChI=1S/C20H16ClF2N3O4/c1-10-17(19(27)25-15-5-6-29-20(15)28)26-8-11(21)7-16(18(26)24-10)30-9-12-13(22)3-2-4-14(12)23/h2-4,7-8,15H,5-6,9H2,1H3,(H,25,27)/t15-/m0/s1. The zero-order valence-electron chi connectivity index (χ0n) is 15.7. The molecule has 1 amide bonds. The number of halogens is 3. The number of fused-ring (bicyclic) bond motifs is 1. The number of carbonyl (C=O) groups is 2. The summed E-state index contributed by atoms with van der Waals surface area (Å²) >= 11 is 6.16. The quantitative estimate of drug-likeness (QED) is 0.622. The summed E-state index contributed by atoms with van der Waals surface area (Å²) in [6.45, 7) is 1.46. The predicted octanol–water partition coefficient (Wildman–Crippen LogP) is 3.20. The van der Waals surface area contributed by atoms with Gasteiger partial charge in [-0.3, -0.25) is 9.20 Å². The van der Waals surface area contributed by atoms with Crippen molar-refractivity contribution < 1.29 is 27.8 Å². The van der Waals surface area contributed by atoms with Gasteiger partial charge in [-0.25, -0.2) is 18.6 Å². The van der Waals surface area contributed by atoms with Crippen molar-refractivity contribution in [3.05, 3.63) is 64.1 Å². The average Bonchev–Trinajstić information content (AvgIpc) is 3.23. The van der Waals surface area contributed by atoms with E-state index in [2.05, 4.69) is 10.3 Å². The molecule has 1 N–H and O–H groups in total. The normalized spacial score (nSPS) is 16.0. The van der Waals surface area contributed by atoms with E-state index in [1.54, 1.807) is 6.92 Å². The first-order valence-corrected chi connectivity index (χ1v) is 9.44. The molecule has 2 aromatic heterocycles. The number of hydrogen-bond donors (Lipinski definition) is 1. The maximum atomic E-state index is 13.9. The van der Waals surface area contributed by atoms with Crippen molar-refractivity contribution in [1.29, 1.82) is 0 Å². The molecule has 0 radical (unpaired) electrons. The van der Waals surface area contributed by atoms with Crippen molar-refractivity contribution in [3.8, 4) is 5.75 Å². The number of hydrogen-bond acceptors (Lipinski definition) is 5. The Hall–Kier alpha value is -3.20. The fourth-order valence-electron chi connectivity index (χ4n) is 3.25. The molecule has 7 nitrogen and oxygen atoms in total. The second kappa shape index (κ2) is 7.91.